The zero-order valence-corrected chi connectivity index (χ0v) is 14.6. The maximum atomic E-state index is 12.8. The van der Waals surface area contributed by atoms with E-state index in [-0.39, 0.29) is 11.7 Å². The molecule has 0 spiro atoms. The number of nitrogens with one attached hydrogen (secondary N) is 2. The van der Waals surface area contributed by atoms with E-state index in [0.717, 1.165) is 34.3 Å². The Kier molecular flexibility index (Phi) is 6.74. The minimum atomic E-state index is -0.222. The fourth-order valence-corrected chi connectivity index (χ4v) is 2.74. The number of amides is 1. The fraction of sp³-hybridized carbons (Fsp3) is 0.278. The number of rotatable bonds is 7. The van der Waals surface area contributed by atoms with Crippen molar-refractivity contribution in [3.8, 4) is 0 Å². The lowest BCUT2D eigenvalue weighted by Crippen LogP contribution is -2.23. The van der Waals surface area contributed by atoms with Crippen LogP contribution in [0.5, 0.6) is 0 Å². The third kappa shape index (κ3) is 6.12. The van der Waals surface area contributed by atoms with Crippen LogP contribution in [0.15, 0.2) is 46.9 Å². The zero-order valence-electron chi connectivity index (χ0n) is 13.0. The summed E-state index contributed by atoms with van der Waals surface area (Å²) in [5.41, 5.74) is 3.00. The number of carbonyl (C=O) groups excluding carboxylic acids is 1. The minimum absolute atomic E-state index is 0.0242. The molecule has 122 valence electrons. The monoisotopic (exact) mass is 378 g/mol. The summed E-state index contributed by atoms with van der Waals surface area (Å²) in [6, 6.07) is 12.3. The lowest BCUT2D eigenvalue weighted by atomic mass is 10.1. The van der Waals surface area contributed by atoms with Gasteiger partial charge in [0.1, 0.15) is 5.82 Å². The summed E-state index contributed by atoms with van der Waals surface area (Å²) in [7, 11) is 0. The van der Waals surface area contributed by atoms with Crippen LogP contribution < -0.4 is 10.6 Å². The SMILES string of the molecule is Cc1ccc(NC(=O)CCNCCc2ccc(F)cc2)c(Br)c1. The molecule has 0 saturated heterocycles. The van der Waals surface area contributed by atoms with Crippen LogP contribution in [-0.2, 0) is 11.2 Å². The Labute approximate surface area is 144 Å². The molecule has 0 radical (unpaired) electrons. The van der Waals surface area contributed by atoms with E-state index in [2.05, 4.69) is 26.6 Å². The molecule has 3 nitrogen and oxygen atoms in total. The van der Waals surface area contributed by atoms with Crippen LogP contribution in [0, 0.1) is 12.7 Å². The Balaban J connectivity index is 1.65. The van der Waals surface area contributed by atoms with E-state index in [4.69, 9.17) is 0 Å². The van der Waals surface area contributed by atoms with E-state index >= 15 is 0 Å². The predicted molar refractivity (Wildman–Crippen MR) is 95.1 cm³/mol. The number of halogens is 2. The number of aryl methyl sites for hydroxylation is 1. The highest BCUT2D eigenvalue weighted by Gasteiger charge is 2.05. The normalized spacial score (nSPS) is 10.6. The second-order valence-electron chi connectivity index (χ2n) is 5.41. The quantitative estimate of drug-likeness (QED) is 0.713. The standard InChI is InChI=1S/C18H20BrFN2O/c1-13-2-7-17(16(19)12-13)22-18(23)9-11-21-10-8-14-3-5-15(20)6-4-14/h2-7,12,21H,8-11H2,1H3,(H,22,23). The number of anilines is 1. The Bertz CT molecular complexity index is 659. The highest BCUT2D eigenvalue weighted by atomic mass is 79.9. The molecule has 2 rings (SSSR count). The maximum Gasteiger partial charge on any atom is 0.225 e. The summed E-state index contributed by atoms with van der Waals surface area (Å²) >= 11 is 3.44. The van der Waals surface area contributed by atoms with Crippen LogP contribution in [0.4, 0.5) is 10.1 Å². The Morgan fingerprint density at radius 2 is 1.87 bits per heavy atom. The summed E-state index contributed by atoms with van der Waals surface area (Å²) in [6.45, 7) is 3.37. The topological polar surface area (TPSA) is 41.1 Å². The molecule has 23 heavy (non-hydrogen) atoms. The van der Waals surface area contributed by atoms with Crippen molar-refractivity contribution in [2.24, 2.45) is 0 Å². The number of hydrogen-bond acceptors (Lipinski definition) is 2. The molecule has 2 N–H and O–H groups in total. The van der Waals surface area contributed by atoms with E-state index in [1.807, 2.05) is 25.1 Å². The van der Waals surface area contributed by atoms with Crippen LogP contribution in [0.25, 0.3) is 0 Å². The highest BCUT2D eigenvalue weighted by molar-refractivity contribution is 9.10. The molecule has 1 amide bonds. The molecule has 0 fully saturated rings. The minimum Gasteiger partial charge on any atom is -0.325 e. The van der Waals surface area contributed by atoms with Crippen LogP contribution in [0.1, 0.15) is 17.5 Å². The molecule has 0 saturated carbocycles. The predicted octanol–water partition coefficient (Wildman–Crippen LogP) is 4.06. The van der Waals surface area contributed by atoms with Crippen molar-refractivity contribution in [3.63, 3.8) is 0 Å². The van der Waals surface area contributed by atoms with Gasteiger partial charge in [0.15, 0.2) is 0 Å². The van der Waals surface area contributed by atoms with E-state index in [0.29, 0.717) is 13.0 Å². The van der Waals surface area contributed by atoms with Gasteiger partial charge in [0.05, 0.1) is 5.69 Å². The molecule has 0 aliphatic rings. The Morgan fingerprint density at radius 1 is 1.13 bits per heavy atom. The van der Waals surface area contributed by atoms with Crippen molar-refractivity contribution in [3.05, 3.63) is 63.9 Å². The van der Waals surface area contributed by atoms with Crippen LogP contribution >= 0.6 is 15.9 Å². The van der Waals surface area contributed by atoms with Gasteiger partial charge in [-0.15, -0.1) is 0 Å². The van der Waals surface area contributed by atoms with Crippen LogP contribution in [-0.4, -0.2) is 19.0 Å². The van der Waals surface area contributed by atoms with Crippen molar-refractivity contribution in [1.82, 2.24) is 5.32 Å². The number of hydrogen-bond donors (Lipinski definition) is 2. The zero-order chi connectivity index (χ0) is 16.7. The first-order chi connectivity index (χ1) is 11.0. The van der Waals surface area contributed by atoms with E-state index < -0.39 is 0 Å². The highest BCUT2D eigenvalue weighted by Crippen LogP contribution is 2.23. The van der Waals surface area contributed by atoms with Crippen molar-refractivity contribution >= 4 is 27.5 Å². The van der Waals surface area contributed by atoms with Crippen LogP contribution in [0.2, 0.25) is 0 Å². The van der Waals surface area contributed by atoms with Crippen molar-refractivity contribution < 1.29 is 9.18 Å². The van der Waals surface area contributed by atoms with Gasteiger partial charge in [0, 0.05) is 17.4 Å². The molecule has 0 heterocycles. The van der Waals surface area contributed by atoms with E-state index in [9.17, 15) is 9.18 Å². The van der Waals surface area contributed by atoms with Gasteiger partial charge < -0.3 is 10.6 Å². The molecule has 5 heteroatoms. The number of carbonyl (C=O) groups is 1. The molecular formula is C18H20BrFN2O. The molecule has 0 aliphatic heterocycles. The summed E-state index contributed by atoms with van der Waals surface area (Å²) < 4.78 is 13.7. The average Bonchev–Trinajstić information content (AvgIpc) is 2.51. The van der Waals surface area contributed by atoms with Gasteiger partial charge in [-0.2, -0.15) is 0 Å². The van der Waals surface area contributed by atoms with Crippen molar-refractivity contribution in [1.29, 1.82) is 0 Å². The Morgan fingerprint density at radius 3 is 2.57 bits per heavy atom. The van der Waals surface area contributed by atoms with Gasteiger partial charge in [0.25, 0.3) is 0 Å². The molecule has 0 aromatic heterocycles. The first kappa shape index (κ1) is 17.6. The summed E-state index contributed by atoms with van der Waals surface area (Å²) in [5.74, 6) is -0.246. The average molecular weight is 379 g/mol. The third-order valence-electron chi connectivity index (χ3n) is 3.43. The summed E-state index contributed by atoms with van der Waals surface area (Å²) in [4.78, 5) is 11.9. The fourth-order valence-electron chi connectivity index (χ4n) is 2.14. The van der Waals surface area contributed by atoms with Crippen LogP contribution in [0.3, 0.4) is 0 Å². The number of benzene rings is 2. The largest absolute Gasteiger partial charge is 0.325 e. The van der Waals surface area contributed by atoms with Crippen molar-refractivity contribution in [2.75, 3.05) is 18.4 Å². The van der Waals surface area contributed by atoms with Gasteiger partial charge >= 0.3 is 0 Å². The molecule has 2 aromatic rings. The second kappa shape index (κ2) is 8.79. The first-order valence-electron chi connectivity index (χ1n) is 7.56. The summed E-state index contributed by atoms with van der Waals surface area (Å²) in [5, 5.41) is 6.11. The van der Waals surface area contributed by atoms with Gasteiger partial charge in [0.2, 0.25) is 5.91 Å². The van der Waals surface area contributed by atoms with E-state index in [1.54, 1.807) is 12.1 Å². The molecule has 0 bridgehead atoms. The molecule has 0 atom stereocenters. The van der Waals surface area contributed by atoms with Gasteiger partial charge in [-0.1, -0.05) is 18.2 Å². The summed E-state index contributed by atoms with van der Waals surface area (Å²) in [6.07, 6.45) is 1.22. The Hall–Kier alpha value is -1.72. The maximum absolute atomic E-state index is 12.8. The van der Waals surface area contributed by atoms with Gasteiger partial charge in [-0.3, -0.25) is 4.79 Å². The molecule has 0 unspecified atom stereocenters. The van der Waals surface area contributed by atoms with Gasteiger partial charge in [-0.25, -0.2) is 4.39 Å². The molecule has 2 aromatic carbocycles. The second-order valence-corrected chi connectivity index (χ2v) is 6.26. The third-order valence-corrected chi connectivity index (χ3v) is 4.09. The molecule has 0 aliphatic carbocycles. The lowest BCUT2D eigenvalue weighted by molar-refractivity contribution is -0.116. The lowest BCUT2D eigenvalue weighted by Gasteiger charge is -2.09. The van der Waals surface area contributed by atoms with Crippen molar-refractivity contribution in [2.45, 2.75) is 19.8 Å². The van der Waals surface area contributed by atoms with E-state index in [1.165, 1.54) is 12.1 Å². The first-order valence-corrected chi connectivity index (χ1v) is 8.35. The molecular weight excluding hydrogens is 359 g/mol. The van der Waals surface area contributed by atoms with Gasteiger partial charge in [-0.05, 0) is 71.2 Å². The smallest absolute Gasteiger partial charge is 0.225 e.